The number of carbonyl (C=O) groups excluding carboxylic acids is 1. The molecule has 1 aromatic heterocycles. The molecule has 3 aromatic carbocycles. The van der Waals surface area contributed by atoms with Gasteiger partial charge in [0.25, 0.3) is 5.91 Å². The number of hydrogen-bond acceptors (Lipinski definition) is 6. The molecular formula is C33H33N7O. The van der Waals surface area contributed by atoms with Crippen molar-refractivity contribution in [3.63, 3.8) is 0 Å². The first-order chi connectivity index (χ1) is 20.1. The van der Waals surface area contributed by atoms with Gasteiger partial charge in [-0.1, -0.05) is 24.3 Å². The van der Waals surface area contributed by atoms with E-state index in [1.165, 1.54) is 0 Å². The average Bonchev–Trinajstić information content (AvgIpc) is 3.41. The average molecular weight is 544 g/mol. The first-order valence-electron chi connectivity index (χ1n) is 14.1. The lowest BCUT2D eigenvalue weighted by Gasteiger charge is -2.37. The van der Waals surface area contributed by atoms with Gasteiger partial charge in [0.05, 0.1) is 22.5 Å². The first kappa shape index (κ1) is 26.4. The Bertz CT molecular complexity index is 1660. The van der Waals surface area contributed by atoms with Gasteiger partial charge in [-0.2, -0.15) is 10.5 Å². The molecule has 0 atom stereocenters. The summed E-state index contributed by atoms with van der Waals surface area (Å²) < 4.78 is 2.09. The molecule has 2 aliphatic rings. The molecule has 0 unspecified atom stereocenters. The second-order valence-electron chi connectivity index (χ2n) is 10.8. The van der Waals surface area contributed by atoms with E-state index in [1.807, 2.05) is 72.7 Å². The number of hydrogen-bond donors (Lipinski definition) is 0. The van der Waals surface area contributed by atoms with Crippen molar-refractivity contribution in [1.82, 2.24) is 14.4 Å². The summed E-state index contributed by atoms with van der Waals surface area (Å²) in [5.74, 6) is 0.0641. The van der Waals surface area contributed by atoms with Crippen LogP contribution in [0.25, 0.3) is 10.9 Å². The van der Waals surface area contributed by atoms with E-state index in [9.17, 15) is 15.3 Å². The molecular weight excluding hydrogens is 510 g/mol. The highest BCUT2D eigenvalue weighted by Crippen LogP contribution is 2.27. The highest BCUT2D eigenvalue weighted by molar-refractivity contribution is 6.07. The predicted octanol–water partition coefficient (Wildman–Crippen LogP) is 4.21. The van der Waals surface area contributed by atoms with E-state index in [0.29, 0.717) is 37.3 Å². The van der Waals surface area contributed by atoms with Crippen molar-refractivity contribution in [2.24, 2.45) is 7.05 Å². The second-order valence-corrected chi connectivity index (χ2v) is 10.8. The van der Waals surface area contributed by atoms with Gasteiger partial charge in [-0.15, -0.1) is 0 Å². The van der Waals surface area contributed by atoms with Crippen molar-refractivity contribution in [3.8, 4) is 12.1 Å². The molecule has 4 aromatic rings. The quantitative estimate of drug-likeness (QED) is 0.375. The Morgan fingerprint density at radius 1 is 0.756 bits per heavy atom. The largest absolute Gasteiger partial charge is 0.368 e. The summed E-state index contributed by atoms with van der Waals surface area (Å²) in [7, 11) is 2.02. The summed E-state index contributed by atoms with van der Waals surface area (Å²) in [6.07, 6.45) is 2.02. The molecule has 1 amide bonds. The number of carbonyl (C=O) groups is 1. The van der Waals surface area contributed by atoms with Gasteiger partial charge in [0.2, 0.25) is 0 Å². The summed E-state index contributed by atoms with van der Waals surface area (Å²) in [6, 6.07) is 26.4. The minimum Gasteiger partial charge on any atom is -0.368 e. The third-order valence-electron chi connectivity index (χ3n) is 8.37. The zero-order valence-corrected chi connectivity index (χ0v) is 23.3. The minimum absolute atomic E-state index is 0.0641. The van der Waals surface area contributed by atoms with E-state index >= 15 is 0 Å². The zero-order valence-electron chi connectivity index (χ0n) is 23.3. The molecule has 0 radical (unpaired) electrons. The van der Waals surface area contributed by atoms with Crippen LogP contribution < -0.4 is 9.80 Å². The third-order valence-corrected chi connectivity index (χ3v) is 8.37. The smallest absolute Gasteiger partial charge is 0.254 e. The molecule has 0 N–H and O–H groups in total. The van der Waals surface area contributed by atoms with Crippen LogP contribution in [0.1, 0.15) is 27.0 Å². The molecule has 0 saturated carbocycles. The van der Waals surface area contributed by atoms with Crippen LogP contribution in [0.3, 0.4) is 0 Å². The van der Waals surface area contributed by atoms with Crippen molar-refractivity contribution < 1.29 is 4.79 Å². The van der Waals surface area contributed by atoms with Crippen molar-refractivity contribution >= 4 is 28.2 Å². The maximum Gasteiger partial charge on any atom is 0.254 e. The van der Waals surface area contributed by atoms with E-state index in [4.69, 9.17) is 0 Å². The number of aromatic nitrogens is 1. The van der Waals surface area contributed by atoms with Gasteiger partial charge >= 0.3 is 0 Å². The molecule has 206 valence electrons. The van der Waals surface area contributed by atoms with Gasteiger partial charge in [-0.05, 0) is 48.0 Å². The van der Waals surface area contributed by atoms with Crippen LogP contribution in [0.15, 0.2) is 72.9 Å². The maximum absolute atomic E-state index is 13.9. The van der Waals surface area contributed by atoms with Gasteiger partial charge < -0.3 is 19.3 Å². The summed E-state index contributed by atoms with van der Waals surface area (Å²) >= 11 is 0. The number of nitriles is 2. The summed E-state index contributed by atoms with van der Waals surface area (Å²) in [5, 5.41) is 20.0. The fourth-order valence-corrected chi connectivity index (χ4v) is 6.11. The molecule has 6 rings (SSSR count). The number of piperazine rings is 2. The van der Waals surface area contributed by atoms with Crippen LogP contribution in [0.2, 0.25) is 0 Å². The number of anilines is 2. The fourth-order valence-electron chi connectivity index (χ4n) is 6.11. The number of amides is 1. The van der Waals surface area contributed by atoms with E-state index < -0.39 is 0 Å². The molecule has 8 heteroatoms. The van der Waals surface area contributed by atoms with Crippen LogP contribution in [-0.4, -0.2) is 72.6 Å². The molecule has 2 fully saturated rings. The van der Waals surface area contributed by atoms with E-state index in [1.54, 1.807) is 0 Å². The van der Waals surface area contributed by atoms with Crippen LogP contribution in [-0.2, 0) is 13.6 Å². The molecule has 41 heavy (non-hydrogen) atoms. The number of rotatable bonds is 5. The Balaban J connectivity index is 1.16. The monoisotopic (exact) mass is 543 g/mol. The highest BCUT2D eigenvalue weighted by atomic mass is 16.2. The third kappa shape index (κ3) is 5.23. The summed E-state index contributed by atoms with van der Waals surface area (Å²) in [4.78, 5) is 22.8. The van der Waals surface area contributed by atoms with Gasteiger partial charge in [0.1, 0.15) is 12.1 Å². The standard InChI is InChI=1S/C33H33N7O/c1-36-11-10-28-29(33(41)40-18-16-39(17-19-40)31-9-5-3-7-27(31)23-35)20-25(21-32(28)36)24-37-12-14-38(15-13-37)30-8-4-2-6-26(30)22-34/h2-11,20-21H,12-19,24H2,1H3. The van der Waals surface area contributed by atoms with Crippen molar-refractivity contribution in [2.75, 3.05) is 62.2 Å². The molecule has 2 aliphatic heterocycles. The normalized spacial score (nSPS) is 16.0. The van der Waals surface area contributed by atoms with Gasteiger partial charge in [0, 0.05) is 88.6 Å². The van der Waals surface area contributed by atoms with Gasteiger partial charge in [-0.3, -0.25) is 9.69 Å². The number of aryl methyl sites for hydroxylation is 1. The molecule has 0 bridgehead atoms. The molecule has 0 spiro atoms. The SMILES string of the molecule is Cn1ccc2c(C(=O)N3CCN(c4ccccc4C#N)CC3)cc(CN3CCN(c4ccccc4C#N)CC3)cc21. The van der Waals surface area contributed by atoms with Crippen molar-refractivity contribution in [1.29, 1.82) is 10.5 Å². The van der Waals surface area contributed by atoms with Gasteiger partial charge in [-0.25, -0.2) is 0 Å². The van der Waals surface area contributed by atoms with Crippen LogP contribution in [0, 0.1) is 22.7 Å². The zero-order chi connectivity index (χ0) is 28.3. The van der Waals surface area contributed by atoms with Crippen LogP contribution >= 0.6 is 0 Å². The number of nitrogens with zero attached hydrogens (tertiary/aromatic N) is 7. The lowest BCUT2D eigenvalue weighted by molar-refractivity contribution is 0.0748. The molecule has 0 aliphatic carbocycles. The Hall–Kier alpha value is -4.79. The minimum atomic E-state index is 0.0641. The number of fused-ring (bicyclic) bond motifs is 1. The first-order valence-corrected chi connectivity index (χ1v) is 14.1. The Labute approximate surface area is 240 Å². The highest BCUT2D eigenvalue weighted by Gasteiger charge is 2.26. The lowest BCUT2D eigenvalue weighted by Crippen LogP contribution is -2.49. The van der Waals surface area contributed by atoms with E-state index in [-0.39, 0.29) is 5.91 Å². The maximum atomic E-state index is 13.9. The van der Waals surface area contributed by atoms with Crippen LogP contribution in [0.5, 0.6) is 0 Å². The molecule has 3 heterocycles. The summed E-state index contributed by atoms with van der Waals surface area (Å²) in [5.41, 5.74) is 6.28. The van der Waals surface area contributed by atoms with E-state index in [0.717, 1.165) is 66.1 Å². The van der Waals surface area contributed by atoms with E-state index in [2.05, 4.69) is 43.5 Å². The molecule has 8 nitrogen and oxygen atoms in total. The predicted molar refractivity (Wildman–Crippen MR) is 161 cm³/mol. The fraction of sp³-hybridized carbons (Fsp3) is 0.303. The number of para-hydroxylation sites is 2. The van der Waals surface area contributed by atoms with Crippen LogP contribution in [0.4, 0.5) is 11.4 Å². The Kier molecular flexibility index (Phi) is 7.33. The second kappa shape index (κ2) is 11.4. The van der Waals surface area contributed by atoms with Gasteiger partial charge in [0.15, 0.2) is 0 Å². The Morgan fingerprint density at radius 2 is 1.32 bits per heavy atom. The molecule has 2 saturated heterocycles. The van der Waals surface area contributed by atoms with Crippen molar-refractivity contribution in [2.45, 2.75) is 6.54 Å². The Morgan fingerprint density at radius 3 is 1.90 bits per heavy atom. The lowest BCUT2D eigenvalue weighted by atomic mass is 10.0. The summed E-state index contributed by atoms with van der Waals surface area (Å²) in [6.45, 7) is 6.88. The number of benzene rings is 3. The van der Waals surface area contributed by atoms with Crippen molar-refractivity contribution in [3.05, 3.63) is 95.2 Å². The topological polar surface area (TPSA) is 82.5 Å².